The first-order chi connectivity index (χ1) is 16.0. The van der Waals surface area contributed by atoms with Crippen LogP contribution in [-0.2, 0) is 4.74 Å². The maximum Gasteiger partial charge on any atom is 0.196 e. The second-order valence-corrected chi connectivity index (χ2v) is 8.83. The zero-order chi connectivity index (χ0) is 23.4. The van der Waals surface area contributed by atoms with Crippen molar-refractivity contribution in [3.05, 3.63) is 77.9 Å². The van der Waals surface area contributed by atoms with E-state index in [1.165, 1.54) is 11.8 Å². The van der Waals surface area contributed by atoms with E-state index in [1.807, 2.05) is 66.9 Å². The number of Topliss-reactive ketones (excluding diaryl/α,β-unsaturated/α-hetero) is 1. The fourth-order valence-corrected chi connectivity index (χ4v) is 4.96. The average molecular weight is 462 g/mol. The first-order valence-electron chi connectivity index (χ1n) is 10.8. The molecule has 0 saturated carbocycles. The van der Waals surface area contributed by atoms with Crippen LogP contribution >= 0.6 is 11.8 Å². The Morgan fingerprint density at radius 2 is 1.82 bits per heavy atom. The van der Waals surface area contributed by atoms with E-state index < -0.39 is 0 Å². The molecule has 3 heterocycles. The number of benzene rings is 1. The number of pyridine rings is 1. The van der Waals surface area contributed by atoms with E-state index in [1.54, 1.807) is 19.5 Å². The van der Waals surface area contributed by atoms with E-state index in [-0.39, 0.29) is 17.6 Å². The Morgan fingerprint density at radius 3 is 2.52 bits per heavy atom. The number of aryl methyl sites for hydroxylation is 1. The highest BCUT2D eigenvalue weighted by atomic mass is 32.2. The predicted octanol–water partition coefficient (Wildman–Crippen LogP) is 4.93. The van der Waals surface area contributed by atoms with Crippen LogP contribution in [-0.4, -0.2) is 49.6 Å². The molecule has 0 amide bonds. The molecule has 0 N–H and O–H groups in total. The SMILES string of the molecule is COC[C@H](C)n1c(C)cc(C(=O)CSc2nnc(-c3ccncc3)n2-c2ccccc2)c1C. The highest BCUT2D eigenvalue weighted by Gasteiger charge is 2.21. The Balaban J connectivity index is 1.61. The standard InChI is InChI=1S/C25H27N5O2S/c1-17-14-22(19(3)29(17)18(2)15-32-4)23(31)16-33-25-28-27-24(20-10-12-26-13-11-20)30(25)21-8-6-5-7-9-21/h5-14,18H,15-16H2,1-4H3/t18-/m0/s1. The summed E-state index contributed by atoms with van der Waals surface area (Å²) >= 11 is 1.39. The molecule has 0 saturated heterocycles. The van der Waals surface area contributed by atoms with Crippen LogP contribution in [0.4, 0.5) is 0 Å². The quantitative estimate of drug-likeness (QED) is 0.260. The summed E-state index contributed by atoms with van der Waals surface area (Å²) in [5, 5.41) is 9.51. The molecule has 4 rings (SSSR count). The zero-order valence-electron chi connectivity index (χ0n) is 19.2. The molecular weight excluding hydrogens is 434 g/mol. The zero-order valence-corrected chi connectivity index (χ0v) is 20.0. The van der Waals surface area contributed by atoms with Crippen molar-refractivity contribution >= 4 is 17.5 Å². The van der Waals surface area contributed by atoms with Crippen molar-refractivity contribution in [2.24, 2.45) is 0 Å². The molecule has 0 unspecified atom stereocenters. The molecule has 0 aliphatic rings. The van der Waals surface area contributed by atoms with Gasteiger partial charge in [0.15, 0.2) is 16.8 Å². The average Bonchev–Trinajstić information content (AvgIpc) is 3.39. The second kappa shape index (κ2) is 10.1. The smallest absolute Gasteiger partial charge is 0.196 e. The van der Waals surface area contributed by atoms with Crippen LogP contribution in [0.15, 0.2) is 66.1 Å². The lowest BCUT2D eigenvalue weighted by Crippen LogP contribution is -2.14. The number of para-hydroxylation sites is 1. The summed E-state index contributed by atoms with van der Waals surface area (Å²) in [6.45, 7) is 6.70. The minimum absolute atomic E-state index is 0.0667. The molecule has 1 atom stereocenters. The minimum atomic E-state index is 0.0667. The van der Waals surface area contributed by atoms with Gasteiger partial charge in [0, 0.05) is 47.7 Å². The monoisotopic (exact) mass is 461 g/mol. The fraction of sp³-hybridized carbons (Fsp3) is 0.280. The number of hydrogen-bond donors (Lipinski definition) is 0. The Labute approximate surface area is 197 Å². The maximum absolute atomic E-state index is 13.2. The van der Waals surface area contributed by atoms with Crippen molar-refractivity contribution in [2.45, 2.75) is 32.0 Å². The molecule has 1 aromatic carbocycles. The van der Waals surface area contributed by atoms with Crippen LogP contribution < -0.4 is 0 Å². The van der Waals surface area contributed by atoms with Gasteiger partial charge in [0.2, 0.25) is 0 Å². The van der Waals surface area contributed by atoms with Crippen LogP contribution in [0.25, 0.3) is 17.1 Å². The summed E-state index contributed by atoms with van der Waals surface area (Å²) in [6.07, 6.45) is 3.46. The molecule has 4 aromatic rings. The third-order valence-electron chi connectivity index (χ3n) is 5.55. The number of carbonyl (C=O) groups excluding carboxylic acids is 1. The van der Waals surface area contributed by atoms with Crippen molar-refractivity contribution in [1.82, 2.24) is 24.3 Å². The number of methoxy groups -OCH3 is 1. The number of rotatable bonds is 9. The van der Waals surface area contributed by atoms with Gasteiger partial charge in [0.1, 0.15) is 0 Å². The fourth-order valence-electron chi connectivity index (χ4n) is 4.12. The molecule has 170 valence electrons. The number of hydrogen-bond acceptors (Lipinski definition) is 6. The Hall–Kier alpha value is -3.23. The normalized spacial score (nSPS) is 12.1. The second-order valence-electron chi connectivity index (χ2n) is 7.88. The van der Waals surface area contributed by atoms with Crippen LogP contribution in [0.5, 0.6) is 0 Å². The lowest BCUT2D eigenvalue weighted by Gasteiger charge is -2.17. The molecule has 33 heavy (non-hydrogen) atoms. The van der Waals surface area contributed by atoms with Crippen molar-refractivity contribution in [1.29, 1.82) is 0 Å². The molecular formula is C25H27N5O2S. The molecule has 3 aromatic heterocycles. The number of ether oxygens (including phenoxy) is 1. The van der Waals surface area contributed by atoms with Gasteiger partial charge in [-0.2, -0.15) is 0 Å². The van der Waals surface area contributed by atoms with Gasteiger partial charge >= 0.3 is 0 Å². The minimum Gasteiger partial charge on any atom is -0.383 e. The van der Waals surface area contributed by atoms with Crippen LogP contribution in [0.3, 0.4) is 0 Å². The number of ketones is 1. The topological polar surface area (TPSA) is 74.8 Å². The van der Waals surface area contributed by atoms with Crippen LogP contribution in [0, 0.1) is 13.8 Å². The van der Waals surface area contributed by atoms with Crippen molar-refractivity contribution < 1.29 is 9.53 Å². The molecule has 0 spiro atoms. The van der Waals surface area contributed by atoms with Gasteiger partial charge in [-0.3, -0.25) is 14.3 Å². The van der Waals surface area contributed by atoms with Gasteiger partial charge in [-0.05, 0) is 51.1 Å². The predicted molar refractivity (Wildman–Crippen MR) is 130 cm³/mol. The summed E-state index contributed by atoms with van der Waals surface area (Å²) in [7, 11) is 1.69. The van der Waals surface area contributed by atoms with E-state index in [0.29, 0.717) is 17.6 Å². The number of thioether (sulfide) groups is 1. The summed E-state index contributed by atoms with van der Waals surface area (Å²) in [5.74, 6) is 1.05. The van der Waals surface area contributed by atoms with Gasteiger partial charge in [-0.15, -0.1) is 10.2 Å². The Bertz CT molecular complexity index is 1230. The Morgan fingerprint density at radius 1 is 1.09 bits per heavy atom. The van der Waals surface area contributed by atoms with E-state index in [9.17, 15) is 4.79 Å². The summed E-state index contributed by atoms with van der Waals surface area (Å²) in [5.41, 5.74) is 4.61. The first kappa shape index (κ1) is 22.9. The largest absolute Gasteiger partial charge is 0.383 e. The van der Waals surface area contributed by atoms with Gasteiger partial charge in [-0.25, -0.2) is 0 Å². The molecule has 0 aliphatic carbocycles. The summed E-state index contributed by atoms with van der Waals surface area (Å²) < 4.78 is 9.45. The van der Waals surface area contributed by atoms with Crippen LogP contribution in [0.2, 0.25) is 0 Å². The summed E-state index contributed by atoms with van der Waals surface area (Å²) in [6, 6.07) is 15.9. The van der Waals surface area contributed by atoms with Gasteiger partial charge in [0.05, 0.1) is 18.4 Å². The molecule has 7 nitrogen and oxygen atoms in total. The number of carbonyl (C=O) groups is 1. The van der Waals surface area contributed by atoms with E-state index >= 15 is 0 Å². The van der Waals surface area contributed by atoms with Crippen molar-refractivity contribution in [3.63, 3.8) is 0 Å². The first-order valence-corrected chi connectivity index (χ1v) is 11.7. The Kier molecular flexibility index (Phi) is 7.05. The molecule has 0 radical (unpaired) electrons. The highest BCUT2D eigenvalue weighted by molar-refractivity contribution is 7.99. The number of aromatic nitrogens is 5. The third kappa shape index (κ3) is 4.77. The van der Waals surface area contributed by atoms with Gasteiger partial charge in [-0.1, -0.05) is 30.0 Å². The number of nitrogens with zero attached hydrogens (tertiary/aromatic N) is 5. The van der Waals surface area contributed by atoms with Crippen molar-refractivity contribution in [3.8, 4) is 17.1 Å². The van der Waals surface area contributed by atoms with E-state index in [0.717, 1.165) is 28.2 Å². The van der Waals surface area contributed by atoms with E-state index in [2.05, 4.69) is 26.7 Å². The lowest BCUT2D eigenvalue weighted by molar-refractivity contribution is 0.102. The maximum atomic E-state index is 13.2. The van der Waals surface area contributed by atoms with Gasteiger partial charge in [0.25, 0.3) is 0 Å². The summed E-state index contributed by atoms with van der Waals surface area (Å²) in [4.78, 5) is 17.3. The molecule has 0 fully saturated rings. The molecule has 0 bridgehead atoms. The molecule has 8 heteroatoms. The third-order valence-corrected chi connectivity index (χ3v) is 6.48. The molecule has 0 aliphatic heterocycles. The van der Waals surface area contributed by atoms with Crippen LogP contribution in [0.1, 0.15) is 34.7 Å². The van der Waals surface area contributed by atoms with Gasteiger partial charge < -0.3 is 9.30 Å². The van der Waals surface area contributed by atoms with E-state index in [4.69, 9.17) is 4.74 Å². The lowest BCUT2D eigenvalue weighted by atomic mass is 10.2. The van der Waals surface area contributed by atoms with Crippen molar-refractivity contribution in [2.75, 3.05) is 19.5 Å². The highest BCUT2D eigenvalue weighted by Crippen LogP contribution is 2.29.